The highest BCUT2D eigenvalue weighted by Gasteiger charge is 2.33. The first-order valence-electron chi connectivity index (χ1n) is 14.8. The molecule has 0 amide bonds. The van der Waals surface area contributed by atoms with E-state index >= 15 is 0 Å². The quantitative estimate of drug-likeness (QED) is 0.0999. The summed E-state index contributed by atoms with van der Waals surface area (Å²) in [6, 6.07) is 12.6. The van der Waals surface area contributed by atoms with E-state index in [1.165, 1.54) is 19.4 Å². The molecule has 1 aliphatic rings. The number of anilines is 4. The van der Waals surface area contributed by atoms with E-state index in [1.807, 2.05) is 32.0 Å². The highest BCUT2D eigenvalue weighted by atomic mass is 19.4. The minimum absolute atomic E-state index is 0.0561. The zero-order chi connectivity index (χ0) is 33.7. The summed E-state index contributed by atoms with van der Waals surface area (Å²) in [5.74, 6) is 1.59. The molecule has 1 aliphatic heterocycles. The molecule has 2 heterocycles. The third kappa shape index (κ3) is 8.04. The molecule has 246 valence electrons. The van der Waals surface area contributed by atoms with Crippen LogP contribution in [0.3, 0.4) is 0 Å². The van der Waals surface area contributed by atoms with Crippen LogP contribution >= 0.6 is 0 Å². The second-order valence-electron chi connectivity index (χ2n) is 11.1. The molecule has 1 aromatic heterocycles. The van der Waals surface area contributed by atoms with Crippen LogP contribution in [-0.2, 0) is 6.18 Å². The number of hydrogen-bond acceptors (Lipinski definition) is 11. The van der Waals surface area contributed by atoms with Crippen LogP contribution in [-0.4, -0.2) is 46.3 Å². The molecular formula is C32H33F3N8O4. The molecule has 1 saturated heterocycles. The van der Waals surface area contributed by atoms with Crippen molar-refractivity contribution >= 4 is 35.4 Å². The lowest BCUT2D eigenvalue weighted by atomic mass is 10.00. The SMILES string of the molecule is COc1cc(/C=N/Nc2nc(Nc3cccc(C)c3C)nc(N3CCC(C)CC3)n2)ccc1Oc1ccc(C(F)(F)F)cc1[N+](=O)[O-]. The van der Waals surface area contributed by atoms with Crippen LogP contribution in [0.2, 0.25) is 0 Å². The molecule has 4 aromatic rings. The summed E-state index contributed by atoms with van der Waals surface area (Å²) in [4.78, 5) is 26.5. The van der Waals surface area contributed by atoms with Gasteiger partial charge in [0.2, 0.25) is 23.6 Å². The summed E-state index contributed by atoms with van der Waals surface area (Å²) in [5.41, 5.74) is 4.50. The van der Waals surface area contributed by atoms with Gasteiger partial charge in [-0.3, -0.25) is 10.1 Å². The standard InChI is InChI=1S/C32H33F3N8O4/c1-19-12-14-42(15-13-19)31-39-29(37-24-7-5-6-20(2)21(24)3)38-30(40-31)41-36-18-22-8-10-27(28(16-22)46-4)47-26-11-9-23(32(33,34)35)17-25(26)43(44)45/h5-11,16-19H,12-15H2,1-4H3,(H2,37,38,39,40,41)/b36-18+. The van der Waals surface area contributed by atoms with Crippen LogP contribution in [0.1, 0.15) is 42.0 Å². The largest absolute Gasteiger partial charge is 0.493 e. The number of rotatable bonds is 10. The predicted octanol–water partition coefficient (Wildman–Crippen LogP) is 7.64. The van der Waals surface area contributed by atoms with E-state index < -0.39 is 22.4 Å². The van der Waals surface area contributed by atoms with E-state index in [1.54, 1.807) is 12.1 Å². The van der Waals surface area contributed by atoms with E-state index in [2.05, 4.69) is 42.6 Å². The topological polar surface area (TPSA) is 140 Å². The van der Waals surface area contributed by atoms with Crippen LogP contribution in [0.4, 0.5) is 42.4 Å². The summed E-state index contributed by atoms with van der Waals surface area (Å²) in [7, 11) is 1.36. The third-order valence-electron chi connectivity index (χ3n) is 7.81. The first kappa shape index (κ1) is 32.9. The van der Waals surface area contributed by atoms with E-state index in [0.717, 1.165) is 48.8 Å². The summed E-state index contributed by atoms with van der Waals surface area (Å²) in [6.45, 7) is 7.92. The van der Waals surface area contributed by atoms with Gasteiger partial charge in [-0.2, -0.15) is 33.2 Å². The van der Waals surface area contributed by atoms with Gasteiger partial charge in [0, 0.05) is 24.8 Å². The van der Waals surface area contributed by atoms with E-state index in [9.17, 15) is 23.3 Å². The van der Waals surface area contributed by atoms with Gasteiger partial charge in [0.25, 0.3) is 0 Å². The Kier molecular flexibility index (Phi) is 9.72. The number of aromatic nitrogens is 3. The van der Waals surface area contributed by atoms with E-state index in [0.29, 0.717) is 35.5 Å². The van der Waals surface area contributed by atoms with Crippen molar-refractivity contribution in [3.8, 4) is 17.2 Å². The number of aryl methyl sites for hydroxylation is 1. The summed E-state index contributed by atoms with van der Waals surface area (Å²) >= 11 is 0. The molecule has 15 heteroatoms. The zero-order valence-electron chi connectivity index (χ0n) is 26.1. The number of halogens is 3. The molecule has 5 rings (SSSR count). The highest BCUT2D eigenvalue weighted by Crippen LogP contribution is 2.40. The fourth-order valence-corrected chi connectivity index (χ4v) is 4.88. The Hall–Kier alpha value is -5.47. The Bertz CT molecular complexity index is 1790. The van der Waals surface area contributed by atoms with Gasteiger partial charge in [-0.25, -0.2) is 5.43 Å². The summed E-state index contributed by atoms with van der Waals surface area (Å²) < 4.78 is 50.3. The average molecular weight is 651 g/mol. The maximum Gasteiger partial charge on any atom is 0.416 e. The minimum atomic E-state index is -4.75. The Morgan fingerprint density at radius 2 is 1.72 bits per heavy atom. The lowest BCUT2D eigenvalue weighted by molar-refractivity contribution is -0.385. The van der Waals surface area contributed by atoms with Crippen molar-refractivity contribution in [2.45, 2.75) is 39.8 Å². The summed E-state index contributed by atoms with van der Waals surface area (Å²) in [6.07, 6.45) is -1.21. The van der Waals surface area contributed by atoms with Crippen LogP contribution in [0, 0.1) is 29.9 Å². The maximum absolute atomic E-state index is 13.1. The fraction of sp³-hybridized carbons (Fsp3) is 0.312. The number of piperidine rings is 1. The molecule has 3 aromatic carbocycles. The van der Waals surface area contributed by atoms with E-state index in [4.69, 9.17) is 9.47 Å². The first-order chi connectivity index (χ1) is 22.4. The smallest absolute Gasteiger partial charge is 0.416 e. The average Bonchev–Trinajstić information content (AvgIpc) is 3.03. The number of methoxy groups -OCH3 is 1. The van der Waals surface area contributed by atoms with Gasteiger partial charge in [0.05, 0.1) is 23.8 Å². The number of nitro groups is 1. The molecule has 1 fully saturated rings. The molecule has 47 heavy (non-hydrogen) atoms. The lowest BCUT2D eigenvalue weighted by Gasteiger charge is -2.30. The minimum Gasteiger partial charge on any atom is -0.493 e. The van der Waals surface area contributed by atoms with Crippen molar-refractivity contribution in [1.82, 2.24) is 15.0 Å². The Morgan fingerprint density at radius 1 is 1.00 bits per heavy atom. The molecule has 12 nitrogen and oxygen atoms in total. The molecule has 0 spiro atoms. The van der Waals surface area contributed by atoms with Gasteiger partial charge >= 0.3 is 11.9 Å². The third-order valence-corrected chi connectivity index (χ3v) is 7.81. The van der Waals surface area contributed by atoms with Crippen molar-refractivity contribution in [2.75, 3.05) is 35.8 Å². The van der Waals surface area contributed by atoms with Gasteiger partial charge < -0.3 is 19.7 Å². The van der Waals surface area contributed by atoms with Crippen LogP contribution in [0.15, 0.2) is 59.7 Å². The Balaban J connectivity index is 1.36. The van der Waals surface area contributed by atoms with Gasteiger partial charge in [0.1, 0.15) is 0 Å². The first-order valence-corrected chi connectivity index (χ1v) is 14.8. The van der Waals surface area contributed by atoms with Crippen LogP contribution < -0.4 is 25.1 Å². The monoisotopic (exact) mass is 650 g/mol. The molecule has 0 aliphatic carbocycles. The fourth-order valence-electron chi connectivity index (χ4n) is 4.88. The van der Waals surface area contributed by atoms with Gasteiger partial charge in [-0.1, -0.05) is 19.1 Å². The van der Waals surface area contributed by atoms with Crippen molar-refractivity contribution in [3.63, 3.8) is 0 Å². The van der Waals surface area contributed by atoms with Crippen molar-refractivity contribution in [2.24, 2.45) is 11.0 Å². The molecule has 0 unspecified atom stereocenters. The Labute approximate surface area is 268 Å². The van der Waals surface area contributed by atoms with E-state index in [-0.39, 0.29) is 23.2 Å². The van der Waals surface area contributed by atoms with Crippen molar-refractivity contribution in [1.29, 1.82) is 0 Å². The summed E-state index contributed by atoms with van der Waals surface area (Å²) in [5, 5.41) is 19.1. The van der Waals surface area contributed by atoms with Gasteiger partial charge in [-0.15, -0.1) is 0 Å². The number of ether oxygens (including phenoxy) is 2. The molecule has 0 radical (unpaired) electrons. The number of nitro benzene ring substituents is 1. The molecule has 0 bridgehead atoms. The van der Waals surface area contributed by atoms with Gasteiger partial charge in [0.15, 0.2) is 11.5 Å². The number of hydrazone groups is 1. The van der Waals surface area contributed by atoms with Crippen molar-refractivity contribution < 1.29 is 27.6 Å². The number of nitrogens with one attached hydrogen (secondary N) is 2. The maximum atomic E-state index is 13.1. The number of benzene rings is 3. The zero-order valence-corrected chi connectivity index (χ0v) is 26.1. The number of hydrogen-bond donors (Lipinski definition) is 2. The highest BCUT2D eigenvalue weighted by molar-refractivity contribution is 5.81. The van der Waals surface area contributed by atoms with Gasteiger partial charge in [-0.05, 0) is 85.7 Å². The van der Waals surface area contributed by atoms with Crippen LogP contribution in [0.25, 0.3) is 0 Å². The molecular weight excluding hydrogens is 617 g/mol. The second-order valence-corrected chi connectivity index (χ2v) is 11.1. The van der Waals surface area contributed by atoms with Crippen molar-refractivity contribution in [3.05, 3.63) is 87.0 Å². The normalized spacial score (nSPS) is 13.9. The Morgan fingerprint density at radius 3 is 2.43 bits per heavy atom. The molecule has 0 atom stereocenters. The lowest BCUT2D eigenvalue weighted by Crippen LogP contribution is -2.34. The predicted molar refractivity (Wildman–Crippen MR) is 172 cm³/mol. The molecule has 0 saturated carbocycles. The number of alkyl halides is 3. The van der Waals surface area contributed by atoms with Crippen LogP contribution in [0.5, 0.6) is 17.2 Å². The molecule has 2 N–H and O–H groups in total. The second kappa shape index (κ2) is 13.9. The number of nitrogens with zero attached hydrogens (tertiary/aromatic N) is 6.